The molecule has 7 nitrogen and oxygen atoms in total. The molecule has 0 bridgehead atoms. The summed E-state index contributed by atoms with van der Waals surface area (Å²) in [5, 5.41) is 2.81. The molecule has 0 aliphatic carbocycles. The number of carbonyl (C=O) groups excluding carboxylic acids is 2. The third-order valence-corrected chi connectivity index (χ3v) is 4.62. The van der Waals surface area contributed by atoms with Gasteiger partial charge < -0.3 is 24.4 Å². The molecular formula is C23H30N2O5. The third kappa shape index (κ3) is 6.40. The summed E-state index contributed by atoms with van der Waals surface area (Å²) in [5.74, 6) is 1.12. The molecular weight excluding hydrogens is 384 g/mol. The Labute approximate surface area is 177 Å². The number of benzene rings is 2. The van der Waals surface area contributed by atoms with Gasteiger partial charge in [-0.3, -0.25) is 9.59 Å². The van der Waals surface area contributed by atoms with E-state index < -0.39 is 6.04 Å². The van der Waals surface area contributed by atoms with Crippen LogP contribution in [0.2, 0.25) is 0 Å². The average Bonchev–Trinajstić information content (AvgIpc) is 2.77. The van der Waals surface area contributed by atoms with E-state index >= 15 is 0 Å². The number of hydrogen-bond donors (Lipinski definition) is 1. The van der Waals surface area contributed by atoms with Gasteiger partial charge in [-0.25, -0.2) is 0 Å². The van der Waals surface area contributed by atoms with Gasteiger partial charge in [-0.1, -0.05) is 37.3 Å². The summed E-state index contributed by atoms with van der Waals surface area (Å²) in [6.07, 6.45) is 0.497. The van der Waals surface area contributed by atoms with Crippen molar-refractivity contribution in [1.82, 2.24) is 10.2 Å². The van der Waals surface area contributed by atoms with Gasteiger partial charge in [0.05, 0.1) is 14.2 Å². The number of hydrogen-bond acceptors (Lipinski definition) is 5. The molecule has 0 saturated heterocycles. The fourth-order valence-electron chi connectivity index (χ4n) is 3.08. The highest BCUT2D eigenvalue weighted by Crippen LogP contribution is 2.27. The monoisotopic (exact) mass is 414 g/mol. The van der Waals surface area contributed by atoms with Crippen LogP contribution in [0.3, 0.4) is 0 Å². The maximum Gasteiger partial charge on any atom is 0.261 e. The highest BCUT2D eigenvalue weighted by molar-refractivity contribution is 5.88. The Morgan fingerprint density at radius 3 is 2.10 bits per heavy atom. The van der Waals surface area contributed by atoms with Crippen LogP contribution in [0.4, 0.5) is 0 Å². The summed E-state index contributed by atoms with van der Waals surface area (Å²) in [7, 11) is 3.09. The van der Waals surface area contributed by atoms with Crippen molar-refractivity contribution < 1.29 is 23.8 Å². The molecule has 0 spiro atoms. The van der Waals surface area contributed by atoms with Crippen LogP contribution >= 0.6 is 0 Å². The van der Waals surface area contributed by atoms with E-state index in [1.165, 1.54) is 0 Å². The number of carbonyl (C=O) groups is 2. The zero-order valence-corrected chi connectivity index (χ0v) is 18.0. The van der Waals surface area contributed by atoms with E-state index in [1.54, 1.807) is 37.3 Å². The molecule has 2 aromatic rings. The van der Waals surface area contributed by atoms with Crippen molar-refractivity contribution >= 4 is 11.8 Å². The molecule has 0 aromatic heterocycles. The highest BCUT2D eigenvalue weighted by atomic mass is 16.5. The van der Waals surface area contributed by atoms with Gasteiger partial charge in [0.25, 0.3) is 5.91 Å². The van der Waals surface area contributed by atoms with E-state index in [2.05, 4.69) is 5.32 Å². The van der Waals surface area contributed by atoms with Crippen LogP contribution in [0.1, 0.15) is 25.8 Å². The maximum atomic E-state index is 13.1. The minimum absolute atomic E-state index is 0.174. The minimum atomic E-state index is -0.582. The van der Waals surface area contributed by atoms with Crippen molar-refractivity contribution in [3.63, 3.8) is 0 Å². The van der Waals surface area contributed by atoms with E-state index in [4.69, 9.17) is 14.2 Å². The van der Waals surface area contributed by atoms with Gasteiger partial charge >= 0.3 is 0 Å². The van der Waals surface area contributed by atoms with Crippen LogP contribution < -0.4 is 19.5 Å². The van der Waals surface area contributed by atoms with Gasteiger partial charge in [-0.15, -0.1) is 0 Å². The lowest BCUT2D eigenvalue weighted by molar-refractivity contribution is -0.142. The molecule has 1 atom stereocenters. The fraction of sp³-hybridized carbons (Fsp3) is 0.391. The first-order valence-corrected chi connectivity index (χ1v) is 9.99. The molecule has 30 heavy (non-hydrogen) atoms. The second kappa shape index (κ2) is 11.7. The first-order chi connectivity index (χ1) is 14.5. The van der Waals surface area contributed by atoms with Crippen LogP contribution in [0, 0.1) is 0 Å². The van der Waals surface area contributed by atoms with Crippen molar-refractivity contribution in [2.24, 2.45) is 0 Å². The number of nitrogens with one attached hydrogen (secondary N) is 1. The Bertz CT molecular complexity index is 803. The predicted molar refractivity (Wildman–Crippen MR) is 115 cm³/mol. The van der Waals surface area contributed by atoms with Crippen LogP contribution in [0.25, 0.3) is 0 Å². The van der Waals surface area contributed by atoms with E-state index in [-0.39, 0.29) is 18.4 Å². The normalized spacial score (nSPS) is 11.3. The summed E-state index contributed by atoms with van der Waals surface area (Å²) in [5.41, 5.74) is 0.941. The number of methoxy groups -OCH3 is 2. The molecule has 2 amide bonds. The smallest absolute Gasteiger partial charge is 0.261 e. The summed E-state index contributed by atoms with van der Waals surface area (Å²) in [6.45, 7) is 4.36. The lowest BCUT2D eigenvalue weighted by atomic mass is 10.1. The summed E-state index contributed by atoms with van der Waals surface area (Å²) < 4.78 is 16.2. The van der Waals surface area contributed by atoms with Gasteiger partial charge in [-0.2, -0.15) is 0 Å². The largest absolute Gasteiger partial charge is 0.496 e. The Morgan fingerprint density at radius 1 is 0.967 bits per heavy atom. The Hall–Kier alpha value is -3.22. The van der Waals surface area contributed by atoms with E-state index in [1.807, 2.05) is 44.2 Å². The number of nitrogens with zero attached hydrogens (tertiary/aromatic N) is 1. The fourth-order valence-corrected chi connectivity index (χ4v) is 3.08. The lowest BCUT2D eigenvalue weighted by Crippen LogP contribution is -2.50. The Balaban J connectivity index is 2.20. The van der Waals surface area contributed by atoms with Crippen LogP contribution in [0.5, 0.6) is 17.2 Å². The first-order valence-electron chi connectivity index (χ1n) is 9.99. The predicted octanol–water partition coefficient (Wildman–Crippen LogP) is 3.03. The lowest BCUT2D eigenvalue weighted by Gasteiger charge is -2.30. The molecule has 1 N–H and O–H groups in total. The van der Waals surface area contributed by atoms with E-state index in [9.17, 15) is 9.59 Å². The van der Waals surface area contributed by atoms with Gasteiger partial charge in [0.2, 0.25) is 5.91 Å². The number of amides is 2. The van der Waals surface area contributed by atoms with Crippen LogP contribution in [-0.4, -0.2) is 50.1 Å². The third-order valence-electron chi connectivity index (χ3n) is 4.62. The van der Waals surface area contributed by atoms with Crippen molar-refractivity contribution in [3.05, 3.63) is 54.1 Å². The van der Waals surface area contributed by atoms with E-state index in [0.717, 1.165) is 5.56 Å². The average molecular weight is 415 g/mol. The minimum Gasteiger partial charge on any atom is -0.496 e. The molecule has 0 fully saturated rings. The van der Waals surface area contributed by atoms with Crippen LogP contribution in [-0.2, 0) is 16.1 Å². The summed E-state index contributed by atoms with van der Waals surface area (Å²) >= 11 is 0. The first kappa shape index (κ1) is 23.1. The Kier molecular flexibility index (Phi) is 9.00. The molecule has 0 saturated carbocycles. The second-order valence-corrected chi connectivity index (χ2v) is 6.66. The topological polar surface area (TPSA) is 77.1 Å². The molecule has 7 heteroatoms. The molecule has 0 heterocycles. The number of likely N-dealkylation sites (N-methyl/N-ethyl adjacent to an activating group) is 1. The zero-order valence-electron chi connectivity index (χ0n) is 18.0. The standard InChI is InChI=1S/C23H30N2O5/c1-5-21(23(27)24-6-2)25(15-17-10-8-7-9-11-17)22(26)16-30-20-13-18(28-3)12-19(14-20)29-4/h7-14,21H,5-6,15-16H2,1-4H3,(H,24,27)/t21-/m0/s1. The van der Waals surface area contributed by atoms with Crippen molar-refractivity contribution in [1.29, 1.82) is 0 Å². The summed E-state index contributed by atoms with van der Waals surface area (Å²) in [4.78, 5) is 27.2. The van der Waals surface area contributed by atoms with Crippen LogP contribution in [0.15, 0.2) is 48.5 Å². The molecule has 0 radical (unpaired) electrons. The molecule has 0 aliphatic heterocycles. The molecule has 2 aromatic carbocycles. The Morgan fingerprint density at radius 2 is 1.57 bits per heavy atom. The van der Waals surface area contributed by atoms with Gasteiger partial charge in [-0.05, 0) is 18.9 Å². The van der Waals surface area contributed by atoms with Crippen molar-refractivity contribution in [2.75, 3.05) is 27.4 Å². The molecule has 0 unspecified atom stereocenters. The summed E-state index contributed by atoms with van der Waals surface area (Å²) in [6, 6.07) is 14.1. The number of ether oxygens (including phenoxy) is 3. The zero-order chi connectivity index (χ0) is 21.9. The van der Waals surface area contributed by atoms with Gasteiger partial charge in [0.1, 0.15) is 23.3 Å². The van der Waals surface area contributed by atoms with Gasteiger partial charge in [0.15, 0.2) is 6.61 Å². The SMILES string of the molecule is CCNC(=O)[C@H](CC)N(Cc1ccccc1)C(=O)COc1cc(OC)cc(OC)c1. The highest BCUT2D eigenvalue weighted by Gasteiger charge is 2.28. The quantitative estimate of drug-likeness (QED) is 0.612. The molecule has 162 valence electrons. The molecule has 2 rings (SSSR count). The van der Waals surface area contributed by atoms with Crippen molar-refractivity contribution in [3.8, 4) is 17.2 Å². The maximum absolute atomic E-state index is 13.1. The number of rotatable bonds is 11. The van der Waals surface area contributed by atoms with Gasteiger partial charge in [0, 0.05) is 31.3 Å². The van der Waals surface area contributed by atoms with Crippen molar-refractivity contribution in [2.45, 2.75) is 32.9 Å². The van der Waals surface area contributed by atoms with E-state index in [0.29, 0.717) is 36.8 Å². The molecule has 0 aliphatic rings. The second-order valence-electron chi connectivity index (χ2n) is 6.66.